The number of amides is 1. The highest BCUT2D eigenvalue weighted by Crippen LogP contribution is 2.47. The molecular formula is C22H22Cl2N6O3. The van der Waals surface area contributed by atoms with Gasteiger partial charge >= 0.3 is 0 Å². The molecule has 1 saturated heterocycles. The van der Waals surface area contributed by atoms with Gasteiger partial charge in [0.25, 0.3) is 5.91 Å². The van der Waals surface area contributed by atoms with Crippen molar-refractivity contribution in [2.45, 2.75) is 19.1 Å². The summed E-state index contributed by atoms with van der Waals surface area (Å²) in [4.78, 5) is 15.6. The van der Waals surface area contributed by atoms with Crippen molar-refractivity contribution < 1.29 is 14.3 Å². The number of aromatic nitrogens is 3. The fourth-order valence-electron chi connectivity index (χ4n) is 4.58. The zero-order chi connectivity index (χ0) is 22.9. The van der Waals surface area contributed by atoms with Gasteiger partial charge in [-0.25, -0.2) is 0 Å². The first-order valence-corrected chi connectivity index (χ1v) is 11.5. The van der Waals surface area contributed by atoms with E-state index < -0.39 is 0 Å². The van der Waals surface area contributed by atoms with Crippen LogP contribution in [0.4, 0.5) is 0 Å². The summed E-state index contributed by atoms with van der Waals surface area (Å²) >= 11 is 13.1. The van der Waals surface area contributed by atoms with Crippen molar-refractivity contribution in [3.05, 3.63) is 34.2 Å². The lowest BCUT2D eigenvalue weighted by molar-refractivity contribution is 0.0165. The Bertz CT molecular complexity index is 1230. The average Bonchev–Trinajstić information content (AvgIpc) is 3.47. The van der Waals surface area contributed by atoms with Crippen LogP contribution in [-0.2, 0) is 11.3 Å². The Morgan fingerprint density at radius 1 is 1.36 bits per heavy atom. The van der Waals surface area contributed by atoms with E-state index in [0.717, 1.165) is 25.1 Å². The molecule has 33 heavy (non-hydrogen) atoms. The number of rotatable bonds is 6. The van der Waals surface area contributed by atoms with E-state index in [1.165, 1.54) is 0 Å². The second-order valence-electron chi connectivity index (χ2n) is 7.98. The summed E-state index contributed by atoms with van der Waals surface area (Å²) in [7, 11) is 0. The van der Waals surface area contributed by atoms with Crippen molar-refractivity contribution in [2.75, 3.05) is 39.4 Å². The van der Waals surface area contributed by atoms with Gasteiger partial charge in [0.2, 0.25) is 0 Å². The van der Waals surface area contributed by atoms with E-state index in [-0.39, 0.29) is 18.6 Å². The third kappa shape index (κ3) is 3.93. The van der Waals surface area contributed by atoms with Crippen LogP contribution in [0.25, 0.3) is 22.0 Å². The number of nitrogens with one attached hydrogen (secondary N) is 2. The third-order valence-corrected chi connectivity index (χ3v) is 6.85. The molecule has 2 aliphatic rings. The molecule has 0 aliphatic carbocycles. The maximum absolute atomic E-state index is 13.7. The number of hydrogen-bond acceptors (Lipinski definition) is 6. The number of halogens is 2. The highest BCUT2D eigenvalue weighted by molar-refractivity contribution is 6.46. The van der Waals surface area contributed by atoms with E-state index >= 15 is 0 Å². The van der Waals surface area contributed by atoms with Gasteiger partial charge in [-0.15, -0.1) is 0 Å². The number of carbonyl (C=O) groups is 1. The molecule has 172 valence electrons. The van der Waals surface area contributed by atoms with Crippen LogP contribution >= 0.6 is 23.2 Å². The molecule has 2 aliphatic heterocycles. The van der Waals surface area contributed by atoms with Gasteiger partial charge in [0.15, 0.2) is 6.61 Å². The minimum Gasteiger partial charge on any atom is -0.478 e. The number of ether oxygens (including phenoxy) is 2. The Hall–Kier alpha value is -2.77. The number of benzene rings is 1. The molecule has 11 heteroatoms. The van der Waals surface area contributed by atoms with Gasteiger partial charge in [0, 0.05) is 56.1 Å². The molecule has 0 bridgehead atoms. The zero-order valence-corrected chi connectivity index (χ0v) is 19.2. The van der Waals surface area contributed by atoms with E-state index in [2.05, 4.69) is 15.5 Å². The highest BCUT2D eigenvalue weighted by atomic mass is 35.5. The highest BCUT2D eigenvalue weighted by Gasteiger charge is 2.34. The van der Waals surface area contributed by atoms with Crippen LogP contribution in [0, 0.1) is 11.3 Å². The monoisotopic (exact) mass is 488 g/mol. The van der Waals surface area contributed by atoms with Crippen molar-refractivity contribution >= 4 is 40.0 Å². The van der Waals surface area contributed by atoms with Crippen molar-refractivity contribution in [3.8, 4) is 22.9 Å². The molecule has 0 radical (unpaired) electrons. The average molecular weight is 489 g/mol. The van der Waals surface area contributed by atoms with Crippen LogP contribution in [0.3, 0.4) is 0 Å². The van der Waals surface area contributed by atoms with Gasteiger partial charge in [-0.05, 0) is 6.42 Å². The summed E-state index contributed by atoms with van der Waals surface area (Å²) in [6.07, 6.45) is 4.22. The van der Waals surface area contributed by atoms with Crippen molar-refractivity contribution in [1.82, 2.24) is 25.0 Å². The first-order valence-electron chi connectivity index (χ1n) is 10.7. The van der Waals surface area contributed by atoms with Gasteiger partial charge in [-0.3, -0.25) is 9.89 Å². The topological polar surface area (TPSA) is 108 Å². The van der Waals surface area contributed by atoms with Gasteiger partial charge in [-0.1, -0.05) is 23.2 Å². The van der Waals surface area contributed by atoms with Gasteiger partial charge in [-0.2, -0.15) is 10.4 Å². The van der Waals surface area contributed by atoms with E-state index in [1.807, 2.05) is 15.5 Å². The standard InChI is InChI=1S/C22H22Cl2N6O3/c23-15-9-16(33-7-2-25)18-17(13-10-27-28-11-13)21-22(31)29(4-1-14-12-26-3-8-32-14)5-6-30(21)20(18)19(15)24/h9-11,14,26H,1,3-8,12H2,(H,27,28). The predicted octanol–water partition coefficient (Wildman–Crippen LogP) is 3.07. The first-order chi connectivity index (χ1) is 16.1. The van der Waals surface area contributed by atoms with Crippen LogP contribution in [0.5, 0.6) is 5.75 Å². The number of fused-ring (bicyclic) bond motifs is 3. The summed E-state index contributed by atoms with van der Waals surface area (Å²) in [5.41, 5.74) is 2.52. The molecule has 5 rings (SSSR count). The Balaban J connectivity index is 1.61. The Kier molecular flexibility index (Phi) is 6.17. The Morgan fingerprint density at radius 2 is 2.24 bits per heavy atom. The van der Waals surface area contributed by atoms with Crippen molar-refractivity contribution in [1.29, 1.82) is 5.26 Å². The summed E-state index contributed by atoms with van der Waals surface area (Å²) in [5.74, 6) is 0.302. The molecule has 2 aromatic heterocycles. The molecule has 1 aromatic carbocycles. The second kappa shape index (κ2) is 9.23. The zero-order valence-electron chi connectivity index (χ0n) is 17.7. The van der Waals surface area contributed by atoms with E-state index in [9.17, 15) is 4.79 Å². The molecule has 1 atom stereocenters. The molecule has 2 N–H and O–H groups in total. The summed E-state index contributed by atoms with van der Waals surface area (Å²) in [5, 5.41) is 20.5. The molecule has 1 fully saturated rings. The summed E-state index contributed by atoms with van der Waals surface area (Å²) in [6, 6.07) is 3.57. The van der Waals surface area contributed by atoms with Gasteiger partial charge in [0.05, 0.1) is 39.9 Å². The normalized spacial score (nSPS) is 18.4. The largest absolute Gasteiger partial charge is 0.478 e. The van der Waals surface area contributed by atoms with Crippen LogP contribution in [-0.4, -0.2) is 71.1 Å². The van der Waals surface area contributed by atoms with Gasteiger partial charge < -0.3 is 24.3 Å². The van der Waals surface area contributed by atoms with E-state index in [0.29, 0.717) is 64.2 Å². The van der Waals surface area contributed by atoms with E-state index in [4.69, 9.17) is 37.9 Å². The smallest absolute Gasteiger partial charge is 0.271 e. The second-order valence-corrected chi connectivity index (χ2v) is 8.77. The number of morpholine rings is 1. The Morgan fingerprint density at radius 3 is 2.97 bits per heavy atom. The molecule has 1 amide bonds. The van der Waals surface area contributed by atoms with Crippen LogP contribution in [0.15, 0.2) is 18.5 Å². The third-order valence-electron chi connectivity index (χ3n) is 6.07. The minimum atomic E-state index is -0.159. The molecule has 3 aromatic rings. The molecular weight excluding hydrogens is 467 g/mol. The predicted molar refractivity (Wildman–Crippen MR) is 124 cm³/mol. The molecule has 9 nitrogen and oxygen atoms in total. The lowest BCUT2D eigenvalue weighted by Gasteiger charge is -2.31. The van der Waals surface area contributed by atoms with Crippen molar-refractivity contribution in [2.24, 2.45) is 0 Å². The lowest BCUT2D eigenvalue weighted by Crippen LogP contribution is -2.44. The Labute approximate surface area is 200 Å². The molecule has 4 heterocycles. The number of H-pyrrole nitrogens is 1. The molecule has 1 unspecified atom stereocenters. The summed E-state index contributed by atoms with van der Waals surface area (Å²) < 4.78 is 13.4. The first kappa shape index (κ1) is 22.0. The summed E-state index contributed by atoms with van der Waals surface area (Å²) in [6.45, 7) is 3.85. The minimum absolute atomic E-state index is 0.0897. The number of nitriles is 1. The van der Waals surface area contributed by atoms with Crippen LogP contribution < -0.4 is 10.1 Å². The maximum atomic E-state index is 13.7. The number of hydrogen-bond donors (Lipinski definition) is 2. The van der Waals surface area contributed by atoms with E-state index in [1.54, 1.807) is 18.5 Å². The number of aromatic amines is 1. The lowest BCUT2D eigenvalue weighted by atomic mass is 10.0. The maximum Gasteiger partial charge on any atom is 0.271 e. The van der Waals surface area contributed by atoms with Crippen LogP contribution in [0.1, 0.15) is 16.9 Å². The van der Waals surface area contributed by atoms with Crippen molar-refractivity contribution in [3.63, 3.8) is 0 Å². The fraction of sp³-hybridized carbons (Fsp3) is 0.409. The number of carbonyl (C=O) groups excluding carboxylic acids is 1. The van der Waals surface area contributed by atoms with Gasteiger partial charge in [0.1, 0.15) is 17.5 Å². The fourth-order valence-corrected chi connectivity index (χ4v) is 5.02. The SMILES string of the molecule is N#CCOc1cc(Cl)c(Cl)c2c1c(-c1cn[nH]c1)c1n2CCN(CCC2CNCCO2)C1=O. The molecule has 0 spiro atoms. The van der Waals surface area contributed by atoms with Crippen LogP contribution in [0.2, 0.25) is 10.0 Å². The number of nitrogens with zero attached hydrogens (tertiary/aromatic N) is 4. The molecule has 0 saturated carbocycles. The quantitative estimate of drug-likeness (QED) is 0.551.